The first-order chi connectivity index (χ1) is 7.06. The van der Waals surface area contributed by atoms with Crippen LogP contribution in [0.15, 0.2) is 30.3 Å². The summed E-state index contributed by atoms with van der Waals surface area (Å²) in [4.78, 5) is 18.9. The number of carbonyl (C=O) groups is 2. The number of aliphatic carboxylic acids is 2. The molecular weight excluding hydrogens is 223 g/mol. The van der Waals surface area contributed by atoms with E-state index < -0.39 is 18.4 Å². The molecule has 2 N–H and O–H groups in total. The van der Waals surface area contributed by atoms with Gasteiger partial charge in [0, 0.05) is 0 Å². The quantitative estimate of drug-likeness (QED) is 0.602. The van der Waals surface area contributed by atoms with Crippen molar-refractivity contribution < 1.29 is 19.8 Å². The van der Waals surface area contributed by atoms with Crippen LogP contribution in [0.1, 0.15) is 12.0 Å². The first-order valence-corrected chi connectivity index (χ1v) is 6.74. The molecule has 0 bridgehead atoms. The Bertz CT molecular complexity index is 298. The summed E-state index contributed by atoms with van der Waals surface area (Å²) in [5.41, 5.74) is 1.49. The van der Waals surface area contributed by atoms with E-state index >= 15 is 0 Å². The van der Waals surface area contributed by atoms with Gasteiger partial charge in [-0.1, -0.05) is 0 Å². The molecular formula is C10H11KO4. The van der Waals surface area contributed by atoms with E-state index in [2.05, 4.69) is 30.3 Å². The molecule has 0 radical (unpaired) electrons. The molecule has 0 heterocycles. The van der Waals surface area contributed by atoms with Crippen molar-refractivity contribution in [3.63, 3.8) is 0 Å². The molecule has 4 nitrogen and oxygen atoms in total. The summed E-state index contributed by atoms with van der Waals surface area (Å²) in [6.45, 7) is 0. The van der Waals surface area contributed by atoms with Crippen molar-refractivity contribution >= 4 is 60.9 Å². The van der Waals surface area contributed by atoms with Crippen molar-refractivity contribution in [3.8, 4) is 0 Å². The Labute approximate surface area is 122 Å². The number of benzene rings is 1. The average Bonchev–Trinajstić information content (AvgIpc) is 2.18. The van der Waals surface area contributed by atoms with Crippen LogP contribution in [-0.4, -0.2) is 71.1 Å². The van der Waals surface area contributed by atoms with Crippen LogP contribution in [0.5, 0.6) is 0 Å². The van der Waals surface area contributed by atoms with Gasteiger partial charge in [-0.25, -0.2) is 0 Å². The number of carboxylic acids is 2. The van der Waals surface area contributed by atoms with Gasteiger partial charge in [-0.3, -0.25) is 9.59 Å². The molecule has 0 saturated carbocycles. The zero-order chi connectivity index (χ0) is 11.7. The molecule has 0 atom stereocenters. The average molecular weight is 234 g/mol. The number of hydrogen-bond donors (Lipinski definition) is 2. The molecule has 15 heavy (non-hydrogen) atoms. The standard InChI is InChI=1S/C7H7.C3H4O4.K/c1-7-5-3-2-4-6-7;4-2(5)1-3(6)7;/h2-6H,1H2;1H2,(H,4,5)(H,6,7);. The number of carboxylic acid groups (broad SMARTS) is 2. The number of hydrogen-bond acceptors (Lipinski definition) is 2. The van der Waals surface area contributed by atoms with Crippen LogP contribution in [0.3, 0.4) is 0 Å². The Morgan fingerprint density at radius 3 is 1.73 bits per heavy atom. The van der Waals surface area contributed by atoms with Gasteiger partial charge < -0.3 is 10.2 Å². The molecule has 0 aliphatic rings. The van der Waals surface area contributed by atoms with Gasteiger partial charge in [0.1, 0.15) is 6.42 Å². The maximum absolute atomic E-state index is 9.43. The van der Waals surface area contributed by atoms with Crippen LogP contribution >= 0.6 is 0 Å². The van der Waals surface area contributed by atoms with Crippen molar-refractivity contribution in [3.05, 3.63) is 35.9 Å². The van der Waals surface area contributed by atoms with Gasteiger partial charge in [-0.15, -0.1) is 0 Å². The first kappa shape index (κ1) is 14.8. The minimum absolute atomic E-state index is 0.806. The van der Waals surface area contributed by atoms with E-state index in [0.717, 1.165) is 49.0 Å². The molecule has 0 spiro atoms. The fraction of sp³-hybridized carbons (Fsp3) is 0.200. The molecule has 0 fully saturated rings. The Kier molecular flexibility index (Phi) is 8.93. The van der Waals surface area contributed by atoms with Gasteiger partial charge in [0.2, 0.25) is 0 Å². The summed E-state index contributed by atoms with van der Waals surface area (Å²) in [5.74, 6) is -2.62. The maximum atomic E-state index is 9.43. The van der Waals surface area contributed by atoms with E-state index in [1.54, 1.807) is 0 Å². The van der Waals surface area contributed by atoms with Gasteiger partial charge in [0.05, 0.1) is 0 Å². The molecule has 1 rings (SSSR count). The molecule has 0 saturated heterocycles. The molecule has 0 unspecified atom stereocenters. The third-order valence-corrected chi connectivity index (χ3v) is 2.83. The molecule has 1 aromatic carbocycles. The molecule has 0 aliphatic heterocycles. The van der Waals surface area contributed by atoms with Crippen LogP contribution < -0.4 is 0 Å². The van der Waals surface area contributed by atoms with E-state index in [9.17, 15) is 9.59 Å². The summed E-state index contributed by atoms with van der Waals surface area (Å²) in [6, 6.07) is 10.6. The second kappa shape index (κ2) is 9.05. The van der Waals surface area contributed by atoms with Crippen molar-refractivity contribution in [2.75, 3.05) is 0 Å². The molecule has 0 aromatic heterocycles. The molecule has 5 heteroatoms. The Balaban J connectivity index is 0.000000265. The zero-order valence-corrected chi connectivity index (χ0v) is 11.6. The summed E-state index contributed by atoms with van der Waals surface area (Å²) in [5, 5.41) is 15.4. The predicted octanol–water partition coefficient (Wildman–Crippen LogP) is 0.901. The van der Waals surface area contributed by atoms with Crippen LogP contribution in [0.4, 0.5) is 0 Å². The Morgan fingerprint density at radius 2 is 1.53 bits per heavy atom. The van der Waals surface area contributed by atoms with E-state index in [4.69, 9.17) is 10.2 Å². The Hall–Kier alpha value is -0.204. The van der Waals surface area contributed by atoms with Crippen molar-refractivity contribution in [2.24, 2.45) is 0 Å². The monoisotopic (exact) mass is 234 g/mol. The van der Waals surface area contributed by atoms with Crippen LogP contribution in [0, 0.1) is 0 Å². The molecule has 0 amide bonds. The number of rotatable bonds is 3. The Morgan fingerprint density at radius 1 is 1.07 bits per heavy atom. The van der Waals surface area contributed by atoms with Crippen LogP contribution in [-0.2, 0) is 10.1 Å². The summed E-state index contributed by atoms with van der Waals surface area (Å²) < 4.78 is 1.33. The van der Waals surface area contributed by atoms with E-state index in [1.807, 2.05) is 0 Å². The van der Waals surface area contributed by atoms with Gasteiger partial charge in [0.15, 0.2) is 0 Å². The van der Waals surface area contributed by atoms with E-state index in [0.29, 0.717) is 0 Å². The van der Waals surface area contributed by atoms with Crippen molar-refractivity contribution in [2.45, 2.75) is 6.94 Å². The summed E-state index contributed by atoms with van der Waals surface area (Å²) >= 11 is 0.967. The minimum atomic E-state index is -1.31. The van der Waals surface area contributed by atoms with Gasteiger partial charge in [0.25, 0.3) is 0 Å². The molecule has 1 aromatic rings. The van der Waals surface area contributed by atoms with E-state index in [-0.39, 0.29) is 0 Å². The normalized spacial score (nSPS) is 8.67. The van der Waals surface area contributed by atoms with Crippen LogP contribution in [0.25, 0.3) is 0 Å². The van der Waals surface area contributed by atoms with Crippen molar-refractivity contribution in [1.82, 2.24) is 0 Å². The fourth-order valence-corrected chi connectivity index (χ4v) is 1.58. The van der Waals surface area contributed by atoms with Gasteiger partial charge in [-0.05, 0) is 0 Å². The summed E-state index contributed by atoms with van der Waals surface area (Å²) in [6.07, 6.45) is -0.806. The fourth-order valence-electron chi connectivity index (χ4n) is 0.843. The topological polar surface area (TPSA) is 74.6 Å². The third-order valence-electron chi connectivity index (χ3n) is 1.55. The first-order valence-electron chi connectivity index (χ1n) is 4.53. The van der Waals surface area contributed by atoms with Gasteiger partial charge in [-0.2, -0.15) is 0 Å². The SMILES string of the molecule is O=C(O)CC(=O)O.[K][CH2]c1ccccc1. The van der Waals surface area contributed by atoms with Crippen molar-refractivity contribution in [1.29, 1.82) is 0 Å². The predicted molar refractivity (Wildman–Crippen MR) is 55.8 cm³/mol. The molecule has 0 aliphatic carbocycles. The third kappa shape index (κ3) is 10.1. The zero-order valence-electron chi connectivity index (χ0n) is 8.51. The van der Waals surface area contributed by atoms with Crippen LogP contribution in [0.2, 0.25) is 0 Å². The molecule has 76 valence electrons. The second-order valence-corrected chi connectivity index (χ2v) is 3.91. The van der Waals surface area contributed by atoms with E-state index in [1.165, 1.54) is 6.08 Å². The summed E-state index contributed by atoms with van der Waals surface area (Å²) in [7, 11) is 0. The second-order valence-electron chi connectivity index (χ2n) is 2.80. The van der Waals surface area contributed by atoms with Gasteiger partial charge >= 0.3 is 97.3 Å².